The molecule has 1 fully saturated rings. The molecule has 1 N–H and O–H groups in total. The zero-order valence-corrected chi connectivity index (χ0v) is 6.48. The Balaban J connectivity index is 2.30. The van der Waals surface area contributed by atoms with E-state index in [1.165, 1.54) is 25.9 Å². The van der Waals surface area contributed by atoms with Crippen molar-refractivity contribution < 1.29 is 0 Å². The van der Waals surface area contributed by atoms with Gasteiger partial charge in [0.25, 0.3) is 0 Å². The second kappa shape index (κ2) is 3.21. The first kappa shape index (κ1) is 7.07. The minimum atomic E-state index is 0.906. The van der Waals surface area contributed by atoms with Crippen LogP contribution >= 0.6 is 0 Å². The third-order valence-electron chi connectivity index (χ3n) is 2.49. The Labute approximate surface area is 57.8 Å². The highest BCUT2D eigenvalue weighted by Gasteiger charge is 2.18. The molecular formula is C8H17N. The number of rotatable bonds is 1. The summed E-state index contributed by atoms with van der Waals surface area (Å²) in [5.41, 5.74) is 0. The molecule has 1 aliphatic rings. The van der Waals surface area contributed by atoms with E-state index in [2.05, 4.69) is 19.2 Å². The van der Waals surface area contributed by atoms with Gasteiger partial charge < -0.3 is 5.32 Å². The van der Waals surface area contributed by atoms with Gasteiger partial charge in [0.2, 0.25) is 0 Å². The molecular weight excluding hydrogens is 110 g/mol. The Hall–Kier alpha value is -0.0400. The topological polar surface area (TPSA) is 12.0 Å². The van der Waals surface area contributed by atoms with Gasteiger partial charge in [-0.1, -0.05) is 20.3 Å². The molecule has 0 saturated carbocycles. The Morgan fingerprint density at radius 3 is 2.78 bits per heavy atom. The van der Waals surface area contributed by atoms with E-state index in [1.807, 2.05) is 0 Å². The van der Waals surface area contributed by atoms with E-state index in [1.54, 1.807) is 0 Å². The lowest BCUT2D eigenvalue weighted by Crippen LogP contribution is -2.34. The van der Waals surface area contributed by atoms with Crippen molar-refractivity contribution in [2.45, 2.75) is 26.7 Å². The van der Waals surface area contributed by atoms with Gasteiger partial charge in [0.1, 0.15) is 0 Å². The van der Waals surface area contributed by atoms with Crippen molar-refractivity contribution in [1.29, 1.82) is 0 Å². The molecule has 0 bridgehead atoms. The maximum atomic E-state index is 3.40. The zero-order valence-electron chi connectivity index (χ0n) is 6.48. The molecule has 1 aliphatic heterocycles. The molecule has 9 heavy (non-hydrogen) atoms. The molecule has 0 spiro atoms. The molecule has 0 aromatic heterocycles. The fraction of sp³-hybridized carbons (Fsp3) is 1.00. The summed E-state index contributed by atoms with van der Waals surface area (Å²) < 4.78 is 0. The average molecular weight is 127 g/mol. The van der Waals surface area contributed by atoms with E-state index in [0.717, 1.165) is 11.8 Å². The van der Waals surface area contributed by atoms with Gasteiger partial charge in [0.05, 0.1) is 0 Å². The van der Waals surface area contributed by atoms with Crippen LogP contribution in [0.1, 0.15) is 26.7 Å². The van der Waals surface area contributed by atoms with Crippen LogP contribution in [0.25, 0.3) is 0 Å². The van der Waals surface area contributed by atoms with Gasteiger partial charge in [-0.3, -0.25) is 0 Å². The lowest BCUT2D eigenvalue weighted by Gasteiger charge is -2.28. The molecule has 1 nitrogen and oxygen atoms in total. The molecule has 1 rings (SSSR count). The van der Waals surface area contributed by atoms with Crippen LogP contribution in [0.3, 0.4) is 0 Å². The van der Waals surface area contributed by atoms with Crippen molar-refractivity contribution >= 4 is 0 Å². The summed E-state index contributed by atoms with van der Waals surface area (Å²) >= 11 is 0. The summed E-state index contributed by atoms with van der Waals surface area (Å²) in [5.74, 6) is 1.90. The number of nitrogens with one attached hydrogen (secondary N) is 1. The van der Waals surface area contributed by atoms with Gasteiger partial charge in [-0.25, -0.2) is 0 Å². The Morgan fingerprint density at radius 1 is 1.56 bits per heavy atom. The van der Waals surface area contributed by atoms with Gasteiger partial charge in [0.15, 0.2) is 0 Å². The number of hydrogen-bond acceptors (Lipinski definition) is 1. The predicted octanol–water partition coefficient (Wildman–Crippen LogP) is 1.64. The molecule has 0 aromatic rings. The molecule has 2 atom stereocenters. The van der Waals surface area contributed by atoms with Crippen LogP contribution in [-0.2, 0) is 0 Å². The molecule has 1 heterocycles. The molecule has 1 saturated heterocycles. The van der Waals surface area contributed by atoms with Crippen LogP contribution in [0.15, 0.2) is 0 Å². The second-order valence-electron chi connectivity index (χ2n) is 3.14. The van der Waals surface area contributed by atoms with E-state index in [4.69, 9.17) is 0 Å². The first-order valence-electron chi connectivity index (χ1n) is 4.05. The van der Waals surface area contributed by atoms with E-state index < -0.39 is 0 Å². The smallest absolute Gasteiger partial charge is 0.00205 e. The molecule has 0 aliphatic carbocycles. The quantitative estimate of drug-likeness (QED) is 0.564. The molecule has 1 heteroatoms. The van der Waals surface area contributed by atoms with Crippen LogP contribution < -0.4 is 5.32 Å². The standard InChI is InChI=1S/C8H17N/c1-3-8-4-5-9-6-7(8)2/h7-9H,3-6H2,1-2H3/t7-,8?/m1/s1. The van der Waals surface area contributed by atoms with E-state index in [9.17, 15) is 0 Å². The summed E-state index contributed by atoms with van der Waals surface area (Å²) in [6, 6.07) is 0. The van der Waals surface area contributed by atoms with Crippen molar-refractivity contribution in [2.24, 2.45) is 11.8 Å². The van der Waals surface area contributed by atoms with Crippen LogP contribution in [-0.4, -0.2) is 13.1 Å². The fourth-order valence-electron chi connectivity index (χ4n) is 1.67. The summed E-state index contributed by atoms with van der Waals surface area (Å²) in [6.07, 6.45) is 2.75. The van der Waals surface area contributed by atoms with Gasteiger partial charge in [-0.05, 0) is 31.3 Å². The maximum Gasteiger partial charge on any atom is -0.00205 e. The van der Waals surface area contributed by atoms with Crippen LogP contribution in [0.2, 0.25) is 0 Å². The molecule has 0 aromatic carbocycles. The minimum absolute atomic E-state index is 0.906. The molecule has 1 unspecified atom stereocenters. The normalized spacial score (nSPS) is 36.7. The Kier molecular flexibility index (Phi) is 2.52. The van der Waals surface area contributed by atoms with Crippen molar-refractivity contribution in [2.75, 3.05) is 13.1 Å². The predicted molar refractivity (Wildman–Crippen MR) is 40.4 cm³/mol. The third-order valence-corrected chi connectivity index (χ3v) is 2.49. The lowest BCUT2D eigenvalue weighted by atomic mass is 9.86. The van der Waals surface area contributed by atoms with Crippen LogP contribution in [0.5, 0.6) is 0 Å². The average Bonchev–Trinajstić information content (AvgIpc) is 1.89. The highest BCUT2D eigenvalue weighted by atomic mass is 14.9. The minimum Gasteiger partial charge on any atom is -0.316 e. The van der Waals surface area contributed by atoms with E-state index in [0.29, 0.717) is 0 Å². The van der Waals surface area contributed by atoms with Gasteiger partial charge in [-0.2, -0.15) is 0 Å². The summed E-state index contributed by atoms with van der Waals surface area (Å²) in [4.78, 5) is 0. The van der Waals surface area contributed by atoms with Crippen molar-refractivity contribution in [3.05, 3.63) is 0 Å². The molecule has 0 amide bonds. The largest absolute Gasteiger partial charge is 0.316 e. The van der Waals surface area contributed by atoms with Crippen molar-refractivity contribution in [3.63, 3.8) is 0 Å². The molecule has 0 radical (unpaired) electrons. The lowest BCUT2D eigenvalue weighted by molar-refractivity contribution is 0.266. The summed E-state index contributed by atoms with van der Waals surface area (Å²) in [7, 11) is 0. The van der Waals surface area contributed by atoms with Gasteiger partial charge >= 0.3 is 0 Å². The first-order valence-corrected chi connectivity index (χ1v) is 4.05. The van der Waals surface area contributed by atoms with E-state index in [-0.39, 0.29) is 0 Å². The van der Waals surface area contributed by atoms with Crippen molar-refractivity contribution in [1.82, 2.24) is 5.32 Å². The number of piperidine rings is 1. The summed E-state index contributed by atoms with van der Waals surface area (Å²) in [6.45, 7) is 7.12. The second-order valence-corrected chi connectivity index (χ2v) is 3.14. The number of hydrogen-bond donors (Lipinski definition) is 1. The highest BCUT2D eigenvalue weighted by molar-refractivity contribution is 4.73. The monoisotopic (exact) mass is 127 g/mol. The van der Waals surface area contributed by atoms with Crippen LogP contribution in [0, 0.1) is 11.8 Å². The zero-order chi connectivity index (χ0) is 6.69. The van der Waals surface area contributed by atoms with Gasteiger partial charge in [-0.15, -0.1) is 0 Å². The molecule has 54 valence electrons. The van der Waals surface area contributed by atoms with Gasteiger partial charge in [0, 0.05) is 0 Å². The third kappa shape index (κ3) is 1.68. The van der Waals surface area contributed by atoms with Crippen molar-refractivity contribution in [3.8, 4) is 0 Å². The first-order chi connectivity index (χ1) is 4.34. The summed E-state index contributed by atoms with van der Waals surface area (Å²) in [5, 5.41) is 3.40. The maximum absolute atomic E-state index is 3.40. The van der Waals surface area contributed by atoms with Crippen LogP contribution in [0.4, 0.5) is 0 Å². The SMILES string of the molecule is CCC1CCNC[C@H]1C. The fourth-order valence-corrected chi connectivity index (χ4v) is 1.67. The highest BCUT2D eigenvalue weighted by Crippen LogP contribution is 2.20. The van der Waals surface area contributed by atoms with E-state index >= 15 is 0 Å². The Bertz CT molecular complexity index is 80.6. The Morgan fingerprint density at radius 2 is 2.33 bits per heavy atom.